The molecule has 0 saturated heterocycles. The molecule has 10 rings (SSSR count). The maximum atomic E-state index is 6.38. The van der Waals surface area contributed by atoms with E-state index < -0.39 is 0 Å². The van der Waals surface area contributed by atoms with Crippen molar-refractivity contribution in [2.45, 2.75) is 0 Å². The molecule has 2 heteroatoms. The van der Waals surface area contributed by atoms with Gasteiger partial charge in [-0.15, -0.1) is 0 Å². The van der Waals surface area contributed by atoms with Crippen LogP contribution in [0.15, 0.2) is 205 Å². The molecule has 0 amide bonds. The molecule has 0 bridgehead atoms. The van der Waals surface area contributed by atoms with E-state index in [1.165, 1.54) is 54.9 Å². The van der Waals surface area contributed by atoms with Crippen molar-refractivity contribution in [1.29, 1.82) is 0 Å². The van der Waals surface area contributed by atoms with Crippen molar-refractivity contribution < 1.29 is 4.42 Å². The minimum Gasteiger partial charge on any atom is -0.456 e. The van der Waals surface area contributed by atoms with Gasteiger partial charge < -0.3 is 9.32 Å². The zero-order valence-electron chi connectivity index (χ0n) is 28.4. The van der Waals surface area contributed by atoms with Gasteiger partial charge in [0.25, 0.3) is 0 Å². The van der Waals surface area contributed by atoms with Gasteiger partial charge >= 0.3 is 0 Å². The van der Waals surface area contributed by atoms with E-state index in [1.807, 2.05) is 12.1 Å². The highest BCUT2D eigenvalue weighted by molar-refractivity contribution is 6.13. The van der Waals surface area contributed by atoms with E-state index in [0.717, 1.165) is 39.0 Å². The van der Waals surface area contributed by atoms with Crippen LogP contribution in [0.2, 0.25) is 0 Å². The van der Waals surface area contributed by atoms with Gasteiger partial charge in [0.2, 0.25) is 0 Å². The fourth-order valence-corrected chi connectivity index (χ4v) is 7.85. The van der Waals surface area contributed by atoms with Gasteiger partial charge in [-0.2, -0.15) is 0 Å². The second-order valence-corrected chi connectivity index (χ2v) is 13.3. The van der Waals surface area contributed by atoms with Crippen molar-refractivity contribution in [3.8, 4) is 33.4 Å². The number of nitrogens with zero attached hydrogens (tertiary/aromatic N) is 1. The standard InChI is InChI=1S/C50H33NO/c1-2-12-35(13-3-1)44-33-28-36-15-5-7-18-43(36)49(44)38-26-31-40(32-27-38)51(46-21-11-23-48-50(46)45-19-8-9-22-47(45)52-48)39-29-24-37(25-30-39)42-20-10-16-34-14-4-6-17-41(34)42/h1-33H. The van der Waals surface area contributed by atoms with E-state index in [4.69, 9.17) is 4.42 Å². The monoisotopic (exact) mass is 663 g/mol. The number of anilines is 3. The molecule has 0 fully saturated rings. The maximum Gasteiger partial charge on any atom is 0.137 e. The third-order valence-electron chi connectivity index (χ3n) is 10.3. The summed E-state index contributed by atoms with van der Waals surface area (Å²) in [6.45, 7) is 0. The van der Waals surface area contributed by atoms with E-state index in [1.54, 1.807) is 0 Å². The molecule has 0 unspecified atom stereocenters. The summed E-state index contributed by atoms with van der Waals surface area (Å²) in [5, 5.41) is 7.17. The number of furan rings is 1. The number of hydrogen-bond acceptors (Lipinski definition) is 2. The first-order chi connectivity index (χ1) is 25.8. The number of para-hydroxylation sites is 1. The molecule has 0 radical (unpaired) electrons. The first-order valence-electron chi connectivity index (χ1n) is 17.8. The Morgan fingerprint density at radius 2 is 0.885 bits per heavy atom. The Bertz CT molecular complexity index is 2880. The van der Waals surface area contributed by atoms with Crippen LogP contribution in [0.1, 0.15) is 0 Å². The summed E-state index contributed by atoms with van der Waals surface area (Å²) in [6, 6.07) is 71.7. The molecule has 0 aliphatic carbocycles. The zero-order chi connectivity index (χ0) is 34.4. The average molecular weight is 664 g/mol. The molecule has 0 aliphatic rings. The molecule has 9 aromatic carbocycles. The van der Waals surface area contributed by atoms with Crippen LogP contribution < -0.4 is 4.90 Å². The fourth-order valence-electron chi connectivity index (χ4n) is 7.85. The van der Waals surface area contributed by atoms with Gasteiger partial charge in [-0.25, -0.2) is 0 Å². The van der Waals surface area contributed by atoms with E-state index in [-0.39, 0.29) is 0 Å². The zero-order valence-corrected chi connectivity index (χ0v) is 28.4. The van der Waals surface area contributed by atoms with Crippen molar-refractivity contribution in [3.05, 3.63) is 200 Å². The van der Waals surface area contributed by atoms with E-state index >= 15 is 0 Å². The second kappa shape index (κ2) is 12.5. The number of rotatable bonds is 6. The lowest BCUT2D eigenvalue weighted by molar-refractivity contribution is 0.669. The van der Waals surface area contributed by atoms with Gasteiger partial charge in [0.1, 0.15) is 11.2 Å². The summed E-state index contributed by atoms with van der Waals surface area (Å²) in [4.78, 5) is 2.36. The van der Waals surface area contributed by atoms with Gasteiger partial charge in [0, 0.05) is 16.8 Å². The van der Waals surface area contributed by atoms with Gasteiger partial charge in [0.05, 0.1) is 11.1 Å². The highest BCUT2D eigenvalue weighted by Crippen LogP contribution is 2.45. The Hall–Kier alpha value is -6.90. The SMILES string of the molecule is c1ccc(-c2ccc3ccccc3c2-c2ccc(N(c3ccc(-c4cccc5ccccc45)cc3)c3cccc4oc5ccccc5c34)cc2)cc1. The smallest absolute Gasteiger partial charge is 0.137 e. The molecule has 0 spiro atoms. The highest BCUT2D eigenvalue weighted by Gasteiger charge is 2.20. The fraction of sp³-hybridized carbons (Fsp3) is 0. The first kappa shape index (κ1) is 30.0. The molecule has 0 N–H and O–H groups in total. The van der Waals surface area contributed by atoms with Crippen LogP contribution in [0.4, 0.5) is 17.1 Å². The third-order valence-corrected chi connectivity index (χ3v) is 10.3. The Balaban J connectivity index is 1.15. The number of hydrogen-bond donors (Lipinski definition) is 0. The Kier molecular flexibility index (Phi) is 7.18. The summed E-state index contributed by atoms with van der Waals surface area (Å²) >= 11 is 0. The molecule has 0 atom stereocenters. The molecule has 0 saturated carbocycles. The third kappa shape index (κ3) is 5.04. The first-order valence-corrected chi connectivity index (χ1v) is 17.8. The molecule has 1 aromatic heterocycles. The maximum absolute atomic E-state index is 6.38. The second-order valence-electron chi connectivity index (χ2n) is 13.3. The quantitative estimate of drug-likeness (QED) is 0.176. The van der Waals surface area contributed by atoms with Crippen LogP contribution in [-0.2, 0) is 0 Å². The minimum absolute atomic E-state index is 0.871. The van der Waals surface area contributed by atoms with Crippen LogP contribution in [0, 0.1) is 0 Å². The van der Waals surface area contributed by atoms with Crippen molar-refractivity contribution in [3.63, 3.8) is 0 Å². The van der Waals surface area contributed by atoms with Crippen molar-refractivity contribution in [1.82, 2.24) is 0 Å². The lowest BCUT2D eigenvalue weighted by atomic mass is 9.89. The Labute approximate surface area is 302 Å². The van der Waals surface area contributed by atoms with Crippen molar-refractivity contribution >= 4 is 60.5 Å². The summed E-state index contributed by atoms with van der Waals surface area (Å²) in [6.07, 6.45) is 0. The lowest BCUT2D eigenvalue weighted by Crippen LogP contribution is -2.10. The molecule has 2 nitrogen and oxygen atoms in total. The summed E-state index contributed by atoms with van der Waals surface area (Å²) < 4.78 is 6.38. The van der Waals surface area contributed by atoms with E-state index in [0.29, 0.717) is 0 Å². The van der Waals surface area contributed by atoms with Crippen molar-refractivity contribution in [2.75, 3.05) is 4.90 Å². The summed E-state index contributed by atoms with van der Waals surface area (Å²) in [7, 11) is 0. The summed E-state index contributed by atoms with van der Waals surface area (Å²) in [5.41, 5.74) is 12.2. The van der Waals surface area contributed by atoms with E-state index in [2.05, 4.69) is 193 Å². The van der Waals surface area contributed by atoms with Gasteiger partial charge in [0.15, 0.2) is 0 Å². The predicted molar refractivity (Wildman–Crippen MR) is 220 cm³/mol. The van der Waals surface area contributed by atoms with Crippen molar-refractivity contribution in [2.24, 2.45) is 0 Å². The average Bonchev–Trinajstić information content (AvgIpc) is 3.61. The van der Waals surface area contributed by atoms with E-state index in [9.17, 15) is 0 Å². The van der Waals surface area contributed by atoms with Gasteiger partial charge in [-0.05, 0) is 97.4 Å². The topological polar surface area (TPSA) is 16.4 Å². The molecule has 52 heavy (non-hydrogen) atoms. The number of fused-ring (bicyclic) bond motifs is 5. The van der Waals surface area contributed by atoms with Crippen LogP contribution in [0.3, 0.4) is 0 Å². The normalized spacial score (nSPS) is 11.5. The van der Waals surface area contributed by atoms with Gasteiger partial charge in [-0.3, -0.25) is 0 Å². The predicted octanol–water partition coefficient (Wildman–Crippen LogP) is 14.4. The molecule has 0 aliphatic heterocycles. The highest BCUT2D eigenvalue weighted by atomic mass is 16.3. The van der Waals surface area contributed by atoms with Crippen LogP contribution in [-0.4, -0.2) is 0 Å². The molecular weight excluding hydrogens is 631 g/mol. The van der Waals surface area contributed by atoms with Gasteiger partial charge in [-0.1, -0.05) is 158 Å². The molecule has 1 heterocycles. The van der Waals surface area contributed by atoms with Crippen LogP contribution in [0.5, 0.6) is 0 Å². The summed E-state index contributed by atoms with van der Waals surface area (Å²) in [5.74, 6) is 0. The molecule has 10 aromatic rings. The lowest BCUT2D eigenvalue weighted by Gasteiger charge is -2.27. The van der Waals surface area contributed by atoms with Crippen LogP contribution >= 0.6 is 0 Å². The molecular formula is C50H33NO. The largest absolute Gasteiger partial charge is 0.456 e. The van der Waals surface area contributed by atoms with Crippen LogP contribution in [0.25, 0.3) is 76.9 Å². The molecule has 244 valence electrons. The Morgan fingerprint density at radius 1 is 0.327 bits per heavy atom. The Morgan fingerprint density at radius 3 is 1.65 bits per heavy atom. The minimum atomic E-state index is 0.871. The number of benzene rings is 9.